The van der Waals surface area contributed by atoms with Crippen LogP contribution in [0.1, 0.15) is 29.8 Å². The van der Waals surface area contributed by atoms with Crippen LogP contribution in [0.15, 0.2) is 12.1 Å². The topological polar surface area (TPSA) is 95.4 Å². The Balaban J connectivity index is 2.11. The summed E-state index contributed by atoms with van der Waals surface area (Å²) >= 11 is 0. The molecule has 102 valence electrons. The Morgan fingerprint density at radius 2 is 2.00 bits per heavy atom. The number of nitrogens with one attached hydrogen (secondary N) is 1. The lowest BCUT2D eigenvalue weighted by atomic mass is 9.77. The van der Waals surface area contributed by atoms with Crippen molar-refractivity contribution in [3.8, 4) is 0 Å². The van der Waals surface area contributed by atoms with Crippen molar-refractivity contribution in [1.29, 1.82) is 0 Å². The molecule has 1 aliphatic carbocycles. The quantitative estimate of drug-likeness (QED) is 0.826. The Morgan fingerprint density at radius 3 is 2.37 bits per heavy atom. The molecule has 1 amide bonds. The molecular weight excluding hydrogens is 248 g/mol. The average Bonchev–Trinajstić information content (AvgIpc) is 2.33. The summed E-state index contributed by atoms with van der Waals surface area (Å²) in [4.78, 5) is 24.2. The van der Waals surface area contributed by atoms with E-state index in [1.54, 1.807) is 20.2 Å². The fourth-order valence-corrected chi connectivity index (χ4v) is 1.91. The number of hydrogen-bond donors (Lipinski definition) is 2. The van der Waals surface area contributed by atoms with Gasteiger partial charge in [0.05, 0.1) is 0 Å². The van der Waals surface area contributed by atoms with E-state index in [2.05, 4.69) is 15.5 Å². The highest BCUT2D eigenvalue weighted by molar-refractivity contribution is 5.92. The van der Waals surface area contributed by atoms with Crippen molar-refractivity contribution < 1.29 is 14.7 Å². The number of carboxylic acids is 1. The zero-order valence-electron chi connectivity index (χ0n) is 10.9. The number of carboxylic acid groups (broad SMARTS) is 1. The van der Waals surface area contributed by atoms with Crippen LogP contribution in [-0.4, -0.2) is 51.7 Å². The molecule has 19 heavy (non-hydrogen) atoms. The first-order valence-corrected chi connectivity index (χ1v) is 6.01. The highest BCUT2D eigenvalue weighted by Crippen LogP contribution is 2.34. The number of aliphatic carboxylic acids is 1. The van der Waals surface area contributed by atoms with Crippen LogP contribution in [0.3, 0.4) is 0 Å². The third-order valence-electron chi connectivity index (χ3n) is 3.27. The summed E-state index contributed by atoms with van der Waals surface area (Å²) in [5.41, 5.74) is -0.699. The predicted octanol–water partition coefficient (Wildman–Crippen LogP) is 0.598. The van der Waals surface area contributed by atoms with Crippen molar-refractivity contribution in [2.24, 2.45) is 0 Å². The van der Waals surface area contributed by atoms with Gasteiger partial charge in [-0.15, -0.1) is 10.2 Å². The smallest absolute Gasteiger partial charge is 0.329 e. The average molecular weight is 264 g/mol. The number of nitrogens with zero attached hydrogens (tertiary/aromatic N) is 3. The summed E-state index contributed by atoms with van der Waals surface area (Å²) < 4.78 is 0. The van der Waals surface area contributed by atoms with E-state index in [0.717, 1.165) is 6.42 Å². The van der Waals surface area contributed by atoms with Gasteiger partial charge in [-0.3, -0.25) is 4.79 Å². The van der Waals surface area contributed by atoms with Crippen molar-refractivity contribution in [3.63, 3.8) is 0 Å². The third-order valence-corrected chi connectivity index (χ3v) is 3.27. The highest BCUT2D eigenvalue weighted by Gasteiger charge is 2.44. The molecule has 1 heterocycles. The minimum atomic E-state index is -0.929. The lowest BCUT2D eigenvalue weighted by molar-refractivity contribution is -0.145. The van der Waals surface area contributed by atoms with Crippen molar-refractivity contribution in [3.05, 3.63) is 17.8 Å². The van der Waals surface area contributed by atoms with Gasteiger partial charge in [-0.1, -0.05) is 0 Å². The van der Waals surface area contributed by atoms with Crippen LogP contribution < -0.4 is 5.32 Å². The van der Waals surface area contributed by atoms with Gasteiger partial charge in [0, 0.05) is 14.1 Å². The van der Waals surface area contributed by atoms with Crippen LogP contribution >= 0.6 is 0 Å². The molecular formula is C12H16N4O3. The maximum atomic E-state index is 11.6. The molecule has 0 bridgehead atoms. The van der Waals surface area contributed by atoms with Gasteiger partial charge in [-0.05, 0) is 31.4 Å². The normalized spacial score (nSPS) is 16.3. The second-order valence-corrected chi connectivity index (χ2v) is 4.87. The second-order valence-electron chi connectivity index (χ2n) is 4.87. The molecule has 0 spiro atoms. The zero-order chi connectivity index (χ0) is 14.0. The van der Waals surface area contributed by atoms with Gasteiger partial charge >= 0.3 is 5.97 Å². The summed E-state index contributed by atoms with van der Waals surface area (Å²) in [7, 11) is 3.26. The van der Waals surface area contributed by atoms with E-state index in [9.17, 15) is 14.7 Å². The summed E-state index contributed by atoms with van der Waals surface area (Å²) in [6, 6.07) is 3.11. The summed E-state index contributed by atoms with van der Waals surface area (Å²) in [6.45, 7) is 0. The zero-order valence-corrected chi connectivity index (χ0v) is 10.9. The van der Waals surface area contributed by atoms with Gasteiger partial charge in [-0.25, -0.2) is 4.79 Å². The number of rotatable bonds is 4. The predicted molar refractivity (Wildman–Crippen MR) is 67.9 cm³/mol. The monoisotopic (exact) mass is 264 g/mol. The van der Waals surface area contributed by atoms with Crippen molar-refractivity contribution in [1.82, 2.24) is 15.1 Å². The van der Waals surface area contributed by atoms with Crippen LogP contribution in [0.25, 0.3) is 0 Å². The number of aromatic nitrogens is 2. The molecule has 0 radical (unpaired) electrons. The minimum absolute atomic E-state index is 0.230. The van der Waals surface area contributed by atoms with Crippen molar-refractivity contribution in [2.75, 3.05) is 19.4 Å². The molecule has 0 unspecified atom stereocenters. The Hall–Kier alpha value is -2.18. The number of carbonyl (C=O) groups is 2. The fraction of sp³-hybridized carbons (Fsp3) is 0.500. The summed E-state index contributed by atoms with van der Waals surface area (Å²) in [5.74, 6) is -0.748. The molecule has 2 rings (SSSR count). The van der Waals surface area contributed by atoms with Crippen LogP contribution in [0.2, 0.25) is 0 Å². The molecule has 0 aromatic carbocycles. The molecule has 1 aromatic heterocycles. The van der Waals surface area contributed by atoms with Gasteiger partial charge in [0.25, 0.3) is 5.91 Å². The molecule has 2 N–H and O–H groups in total. The lowest BCUT2D eigenvalue weighted by Gasteiger charge is -2.38. The first-order chi connectivity index (χ1) is 8.94. The SMILES string of the molecule is CN(C)C(=O)c1ccc(NC2(C(=O)O)CCC2)nn1. The molecule has 0 aliphatic heterocycles. The minimum Gasteiger partial charge on any atom is -0.480 e. The molecule has 1 saturated carbocycles. The first kappa shape index (κ1) is 13.3. The number of carbonyl (C=O) groups excluding carboxylic acids is 1. The van der Waals surface area contributed by atoms with E-state index in [4.69, 9.17) is 0 Å². The van der Waals surface area contributed by atoms with Crippen molar-refractivity contribution in [2.45, 2.75) is 24.8 Å². The van der Waals surface area contributed by atoms with E-state index < -0.39 is 11.5 Å². The molecule has 1 aromatic rings. The Bertz CT molecular complexity index is 494. The molecule has 1 fully saturated rings. The van der Waals surface area contributed by atoms with E-state index >= 15 is 0 Å². The first-order valence-electron chi connectivity index (χ1n) is 6.01. The second kappa shape index (κ2) is 4.83. The largest absolute Gasteiger partial charge is 0.480 e. The van der Waals surface area contributed by atoms with E-state index in [1.807, 2.05) is 0 Å². The van der Waals surface area contributed by atoms with Crippen LogP contribution in [-0.2, 0) is 4.79 Å². The maximum absolute atomic E-state index is 11.6. The Kier molecular flexibility index (Phi) is 3.37. The van der Waals surface area contributed by atoms with Crippen molar-refractivity contribution >= 4 is 17.7 Å². The maximum Gasteiger partial charge on any atom is 0.329 e. The summed E-state index contributed by atoms with van der Waals surface area (Å²) in [5, 5.41) is 19.7. The standard InChI is InChI=1S/C12H16N4O3/c1-16(2)10(17)8-4-5-9(15-14-8)13-12(11(18)19)6-3-7-12/h4-5H,3,6-7H2,1-2H3,(H,13,15)(H,18,19). The van der Waals surface area contributed by atoms with Gasteiger partial charge in [0.15, 0.2) is 5.69 Å². The van der Waals surface area contributed by atoms with E-state index in [-0.39, 0.29) is 11.6 Å². The molecule has 0 atom stereocenters. The van der Waals surface area contributed by atoms with E-state index in [0.29, 0.717) is 18.7 Å². The third kappa shape index (κ3) is 2.49. The van der Waals surface area contributed by atoms with Gasteiger partial charge in [0.2, 0.25) is 0 Å². The molecule has 1 aliphatic rings. The van der Waals surface area contributed by atoms with Crippen LogP contribution in [0.4, 0.5) is 5.82 Å². The lowest BCUT2D eigenvalue weighted by Crippen LogP contribution is -2.52. The number of hydrogen-bond acceptors (Lipinski definition) is 5. The van der Waals surface area contributed by atoms with Crippen LogP contribution in [0.5, 0.6) is 0 Å². The molecule has 0 saturated heterocycles. The van der Waals surface area contributed by atoms with Gasteiger partial charge in [0.1, 0.15) is 11.4 Å². The highest BCUT2D eigenvalue weighted by atomic mass is 16.4. The van der Waals surface area contributed by atoms with E-state index in [1.165, 1.54) is 11.0 Å². The molecule has 7 nitrogen and oxygen atoms in total. The number of anilines is 1. The van der Waals surface area contributed by atoms with Gasteiger partial charge < -0.3 is 15.3 Å². The molecule has 7 heteroatoms. The Morgan fingerprint density at radius 1 is 1.32 bits per heavy atom. The number of amides is 1. The fourth-order valence-electron chi connectivity index (χ4n) is 1.91. The Labute approximate surface area is 110 Å². The summed E-state index contributed by atoms with van der Waals surface area (Å²) in [6.07, 6.45) is 2.02. The van der Waals surface area contributed by atoms with Gasteiger partial charge in [-0.2, -0.15) is 0 Å². The van der Waals surface area contributed by atoms with Crippen LogP contribution in [0, 0.1) is 0 Å².